The van der Waals surface area contributed by atoms with E-state index in [1.54, 1.807) is 24.4 Å². The Morgan fingerprint density at radius 3 is 2.76 bits per heavy atom. The van der Waals surface area contributed by atoms with Crippen molar-refractivity contribution in [3.05, 3.63) is 49.6 Å². The zero-order chi connectivity index (χ0) is 15.2. The highest BCUT2D eigenvalue weighted by atomic mass is 32.1. The lowest BCUT2D eigenvalue weighted by Gasteiger charge is -1.96. The lowest BCUT2D eigenvalue weighted by atomic mass is 10.3. The van der Waals surface area contributed by atoms with E-state index in [1.165, 1.54) is 4.57 Å². The fourth-order valence-corrected chi connectivity index (χ4v) is 2.91. The van der Waals surface area contributed by atoms with Gasteiger partial charge in [-0.25, -0.2) is 0 Å². The average Bonchev–Trinajstić information content (AvgIpc) is 2.80. The Hall–Kier alpha value is -2.70. The van der Waals surface area contributed by atoms with Crippen molar-refractivity contribution in [3.63, 3.8) is 0 Å². The predicted octanol–water partition coefficient (Wildman–Crippen LogP) is 0.741. The van der Waals surface area contributed by atoms with Crippen LogP contribution in [0.2, 0.25) is 0 Å². The highest BCUT2D eigenvalue weighted by Gasteiger charge is 2.08. The molecule has 0 unspecified atom stereocenters. The van der Waals surface area contributed by atoms with Crippen LogP contribution in [0.4, 0.5) is 0 Å². The van der Waals surface area contributed by atoms with E-state index >= 15 is 0 Å². The van der Waals surface area contributed by atoms with Crippen molar-refractivity contribution in [1.82, 2.24) is 9.55 Å². The summed E-state index contributed by atoms with van der Waals surface area (Å²) in [6, 6.07) is 9.12. The van der Waals surface area contributed by atoms with Gasteiger partial charge >= 0.3 is 0 Å². The maximum Gasteiger partial charge on any atom is 0.269 e. The molecule has 5 nitrogen and oxygen atoms in total. The molecule has 0 saturated heterocycles. The lowest BCUT2D eigenvalue weighted by molar-refractivity contribution is 0.650. The van der Waals surface area contributed by atoms with Gasteiger partial charge in [0.25, 0.3) is 5.56 Å². The highest BCUT2D eigenvalue weighted by Crippen LogP contribution is 1.95. The monoisotopic (exact) mass is 296 g/mol. The van der Waals surface area contributed by atoms with E-state index in [0.717, 1.165) is 17.8 Å². The van der Waals surface area contributed by atoms with Gasteiger partial charge in [0.2, 0.25) is 0 Å². The van der Waals surface area contributed by atoms with E-state index in [9.17, 15) is 4.79 Å². The predicted molar refractivity (Wildman–Crippen MR) is 80.6 cm³/mol. The zero-order valence-corrected chi connectivity index (χ0v) is 12.2. The van der Waals surface area contributed by atoms with Gasteiger partial charge < -0.3 is 0 Å². The van der Waals surface area contributed by atoms with E-state index in [2.05, 4.69) is 4.98 Å². The zero-order valence-electron chi connectivity index (χ0n) is 11.4. The number of rotatable bonds is 3. The normalized spacial score (nSPS) is 10.9. The first-order chi connectivity index (χ1) is 10.2. The molecule has 0 spiro atoms. The van der Waals surface area contributed by atoms with Crippen molar-refractivity contribution in [2.24, 2.45) is 0 Å². The molecule has 0 aliphatic heterocycles. The number of pyridine rings is 1. The molecule has 2 aromatic rings. The molecule has 2 rings (SSSR count). The van der Waals surface area contributed by atoms with Crippen molar-refractivity contribution in [3.8, 4) is 12.1 Å². The summed E-state index contributed by atoms with van der Waals surface area (Å²) in [5.41, 5.74) is 0.443. The largest absolute Gasteiger partial charge is 0.297 e. The highest BCUT2D eigenvalue weighted by molar-refractivity contribution is 7.07. The van der Waals surface area contributed by atoms with Gasteiger partial charge in [-0.1, -0.05) is 13.0 Å². The summed E-state index contributed by atoms with van der Waals surface area (Å²) >= 11 is 1.15. The molecule has 0 N–H and O–H groups in total. The van der Waals surface area contributed by atoms with Gasteiger partial charge in [0.1, 0.15) is 16.8 Å². The number of thiazole rings is 1. The van der Waals surface area contributed by atoms with Crippen LogP contribution in [0.3, 0.4) is 0 Å². The Morgan fingerprint density at radius 1 is 1.43 bits per heavy atom. The van der Waals surface area contributed by atoms with Crippen LogP contribution in [-0.2, 0) is 6.54 Å². The maximum absolute atomic E-state index is 12.4. The number of nitriles is 2. The summed E-state index contributed by atoms with van der Waals surface area (Å²) in [6.07, 6.45) is 4.07. The first-order valence-corrected chi connectivity index (χ1v) is 7.19. The second-order valence-corrected chi connectivity index (χ2v) is 5.26. The smallest absolute Gasteiger partial charge is 0.269 e. The Balaban J connectivity index is 2.79. The van der Waals surface area contributed by atoms with Gasteiger partial charge in [-0.15, -0.1) is 11.3 Å². The van der Waals surface area contributed by atoms with Crippen LogP contribution < -0.4 is 14.8 Å². The van der Waals surface area contributed by atoms with E-state index < -0.39 is 0 Å². The number of nitrogens with zero attached hydrogens (tertiary/aromatic N) is 4. The van der Waals surface area contributed by atoms with Crippen molar-refractivity contribution in [2.75, 3.05) is 0 Å². The fourth-order valence-electron chi connectivity index (χ4n) is 1.85. The Labute approximate surface area is 125 Å². The minimum absolute atomic E-state index is 0.0359. The molecular formula is C15H12N4OS. The fraction of sp³-hybridized carbons (Fsp3) is 0.200. The van der Waals surface area contributed by atoms with Crippen LogP contribution in [-0.4, -0.2) is 9.55 Å². The maximum atomic E-state index is 12.4. The van der Waals surface area contributed by atoms with Gasteiger partial charge in [-0.2, -0.15) is 10.5 Å². The molecule has 0 aliphatic rings. The first kappa shape index (κ1) is 14.7. The molecule has 104 valence electrons. The average molecular weight is 296 g/mol. The quantitative estimate of drug-likeness (QED) is 0.836. The molecule has 0 fully saturated rings. The van der Waals surface area contributed by atoms with Crippen LogP contribution in [0.15, 0.2) is 29.2 Å². The summed E-state index contributed by atoms with van der Waals surface area (Å²) < 4.78 is 2.37. The van der Waals surface area contributed by atoms with E-state index in [-0.39, 0.29) is 11.1 Å². The summed E-state index contributed by atoms with van der Waals surface area (Å²) in [5.74, 6) is 0. The summed E-state index contributed by atoms with van der Waals surface area (Å²) in [5, 5.41) is 18.0. The molecule has 0 aliphatic carbocycles. The minimum Gasteiger partial charge on any atom is -0.297 e. The minimum atomic E-state index is -0.189. The van der Waals surface area contributed by atoms with Crippen LogP contribution in [0.25, 0.3) is 11.6 Å². The van der Waals surface area contributed by atoms with Crippen LogP contribution in [0.5, 0.6) is 0 Å². The first-order valence-electron chi connectivity index (χ1n) is 6.38. The van der Waals surface area contributed by atoms with Gasteiger partial charge in [0.05, 0.1) is 10.2 Å². The third-order valence-electron chi connectivity index (χ3n) is 2.76. The van der Waals surface area contributed by atoms with Gasteiger partial charge in [0, 0.05) is 12.7 Å². The molecule has 2 aromatic heterocycles. The number of aromatic nitrogens is 2. The Morgan fingerprint density at radius 2 is 2.19 bits per heavy atom. The topological polar surface area (TPSA) is 82.5 Å². The Bertz CT molecular complexity index is 878. The van der Waals surface area contributed by atoms with Crippen molar-refractivity contribution < 1.29 is 0 Å². The SMILES string of the molecule is CCCn1c(=C(C#N)C#N)s/c(=C\c2ccccn2)c1=O. The second-order valence-electron chi connectivity index (χ2n) is 4.23. The molecule has 2 heterocycles. The molecule has 0 saturated carbocycles. The van der Waals surface area contributed by atoms with Crippen LogP contribution in [0, 0.1) is 22.7 Å². The summed E-state index contributed by atoms with van der Waals surface area (Å²) in [7, 11) is 0. The molecule has 0 bridgehead atoms. The Kier molecular flexibility index (Phi) is 4.65. The van der Waals surface area contributed by atoms with E-state index in [0.29, 0.717) is 21.4 Å². The van der Waals surface area contributed by atoms with Crippen LogP contribution in [0.1, 0.15) is 19.0 Å². The molecule has 0 atom stereocenters. The molecule has 6 heteroatoms. The van der Waals surface area contributed by atoms with Crippen LogP contribution >= 0.6 is 11.3 Å². The molecular weight excluding hydrogens is 284 g/mol. The number of hydrogen-bond donors (Lipinski definition) is 0. The third-order valence-corrected chi connectivity index (χ3v) is 3.89. The van der Waals surface area contributed by atoms with Gasteiger partial charge in [-0.05, 0) is 24.6 Å². The number of hydrogen-bond acceptors (Lipinski definition) is 5. The van der Waals surface area contributed by atoms with Crippen molar-refractivity contribution >= 4 is 23.0 Å². The third kappa shape index (κ3) is 3.07. The van der Waals surface area contributed by atoms with Crippen molar-refractivity contribution in [2.45, 2.75) is 19.9 Å². The van der Waals surface area contributed by atoms with Gasteiger partial charge in [0.15, 0.2) is 5.57 Å². The van der Waals surface area contributed by atoms with E-state index in [1.807, 2.05) is 25.1 Å². The van der Waals surface area contributed by atoms with Crippen molar-refractivity contribution in [1.29, 1.82) is 10.5 Å². The van der Waals surface area contributed by atoms with Gasteiger partial charge in [-0.3, -0.25) is 14.3 Å². The lowest BCUT2D eigenvalue weighted by Crippen LogP contribution is -2.32. The molecule has 0 aromatic carbocycles. The van der Waals surface area contributed by atoms with E-state index in [4.69, 9.17) is 10.5 Å². The summed E-state index contributed by atoms with van der Waals surface area (Å²) in [6.45, 7) is 2.42. The second kappa shape index (κ2) is 6.65. The molecule has 0 amide bonds. The summed E-state index contributed by atoms with van der Waals surface area (Å²) in [4.78, 5) is 16.6. The standard InChI is InChI=1S/C15H12N4OS/c1-2-7-19-14(20)13(8-12-5-3-4-6-18-12)21-15(19)11(9-16)10-17/h3-6,8H,2,7H2,1H3/b13-8-. The molecule has 21 heavy (non-hydrogen) atoms. The molecule has 0 radical (unpaired) electrons.